The standard InChI is InChI=1S/C10H11NO3S/c1-5(2)6-4-15-8-3-7(12)11(8)9(6)10(13)14/h8H,1,3-4H2,2H3,(H,13,14)/t8-/m0/s1. The molecule has 1 atom stereocenters. The van der Waals surface area contributed by atoms with E-state index in [-0.39, 0.29) is 17.0 Å². The third-order valence-electron chi connectivity index (χ3n) is 2.57. The number of hydrogen-bond donors (Lipinski definition) is 1. The van der Waals surface area contributed by atoms with E-state index in [1.165, 1.54) is 4.90 Å². The molecule has 0 aromatic carbocycles. The molecule has 0 unspecified atom stereocenters. The van der Waals surface area contributed by atoms with Crippen LogP contribution in [0.15, 0.2) is 23.4 Å². The van der Waals surface area contributed by atoms with E-state index in [1.54, 1.807) is 18.7 Å². The summed E-state index contributed by atoms with van der Waals surface area (Å²) in [7, 11) is 0. The third kappa shape index (κ3) is 1.47. The van der Waals surface area contributed by atoms with Gasteiger partial charge in [-0.2, -0.15) is 0 Å². The summed E-state index contributed by atoms with van der Waals surface area (Å²) in [4.78, 5) is 23.8. The summed E-state index contributed by atoms with van der Waals surface area (Å²) in [6, 6.07) is 0. The van der Waals surface area contributed by atoms with E-state index in [0.717, 1.165) is 5.57 Å². The summed E-state index contributed by atoms with van der Waals surface area (Å²) >= 11 is 1.60. The van der Waals surface area contributed by atoms with E-state index in [1.807, 2.05) is 0 Å². The van der Waals surface area contributed by atoms with Gasteiger partial charge in [0.2, 0.25) is 5.91 Å². The summed E-state index contributed by atoms with van der Waals surface area (Å²) in [6.07, 6.45) is 0.449. The lowest BCUT2D eigenvalue weighted by atomic mass is 10.0. The first-order chi connectivity index (χ1) is 7.02. The van der Waals surface area contributed by atoms with Gasteiger partial charge in [0, 0.05) is 5.75 Å². The summed E-state index contributed by atoms with van der Waals surface area (Å²) in [5.74, 6) is -0.513. The molecule has 1 N–H and O–H groups in total. The molecule has 2 rings (SSSR count). The van der Waals surface area contributed by atoms with Crippen LogP contribution in [0.1, 0.15) is 13.3 Å². The van der Waals surface area contributed by atoms with Gasteiger partial charge in [-0.05, 0) is 12.5 Å². The van der Waals surface area contributed by atoms with Crippen LogP contribution in [0, 0.1) is 0 Å². The smallest absolute Gasteiger partial charge is 0.352 e. The molecule has 2 aliphatic heterocycles. The van der Waals surface area contributed by atoms with Crippen LogP contribution < -0.4 is 0 Å². The highest BCUT2D eigenvalue weighted by Crippen LogP contribution is 2.41. The number of carboxylic acids is 1. The Balaban J connectivity index is 2.46. The van der Waals surface area contributed by atoms with Crippen LogP contribution in [-0.2, 0) is 9.59 Å². The second kappa shape index (κ2) is 3.41. The van der Waals surface area contributed by atoms with Crippen molar-refractivity contribution in [2.24, 2.45) is 0 Å². The number of aliphatic carboxylic acids is 1. The van der Waals surface area contributed by atoms with E-state index >= 15 is 0 Å². The van der Waals surface area contributed by atoms with Crippen LogP contribution in [0.3, 0.4) is 0 Å². The number of hydrogen-bond acceptors (Lipinski definition) is 3. The largest absolute Gasteiger partial charge is 0.477 e. The number of fused-ring (bicyclic) bond motifs is 1. The Labute approximate surface area is 91.6 Å². The molecule has 0 radical (unpaired) electrons. The summed E-state index contributed by atoms with van der Waals surface area (Å²) in [5, 5.41) is 9.12. The van der Waals surface area contributed by atoms with Gasteiger partial charge in [-0.1, -0.05) is 12.2 Å². The highest BCUT2D eigenvalue weighted by molar-refractivity contribution is 8.00. The van der Waals surface area contributed by atoms with E-state index in [4.69, 9.17) is 5.11 Å². The Morgan fingerprint density at radius 3 is 2.80 bits per heavy atom. The number of amides is 1. The third-order valence-corrected chi connectivity index (χ3v) is 3.79. The molecule has 1 amide bonds. The van der Waals surface area contributed by atoms with Gasteiger partial charge in [-0.25, -0.2) is 4.79 Å². The molecule has 4 nitrogen and oxygen atoms in total. The maximum absolute atomic E-state index is 11.3. The molecule has 1 saturated heterocycles. The summed E-state index contributed by atoms with van der Waals surface area (Å²) in [6.45, 7) is 5.51. The topological polar surface area (TPSA) is 57.6 Å². The Bertz CT molecular complexity index is 399. The van der Waals surface area contributed by atoms with Crippen LogP contribution in [0.25, 0.3) is 0 Å². The number of carbonyl (C=O) groups is 2. The summed E-state index contributed by atoms with van der Waals surface area (Å²) < 4.78 is 0. The molecule has 0 saturated carbocycles. The van der Waals surface area contributed by atoms with Crippen molar-refractivity contribution in [3.8, 4) is 0 Å². The number of carbonyl (C=O) groups excluding carboxylic acids is 1. The second-order valence-electron chi connectivity index (χ2n) is 3.65. The van der Waals surface area contributed by atoms with Crippen molar-refractivity contribution >= 4 is 23.6 Å². The van der Waals surface area contributed by atoms with Gasteiger partial charge in [0.05, 0.1) is 11.8 Å². The number of carboxylic acid groups (broad SMARTS) is 1. The quantitative estimate of drug-likeness (QED) is 0.717. The van der Waals surface area contributed by atoms with Crippen molar-refractivity contribution in [1.29, 1.82) is 0 Å². The van der Waals surface area contributed by atoms with Crippen molar-refractivity contribution in [2.45, 2.75) is 18.7 Å². The number of rotatable bonds is 2. The predicted molar refractivity (Wildman–Crippen MR) is 57.2 cm³/mol. The summed E-state index contributed by atoms with van der Waals surface area (Å²) in [5.41, 5.74) is 1.53. The molecule has 2 aliphatic rings. The Hall–Kier alpha value is -1.23. The molecule has 5 heteroatoms. The van der Waals surface area contributed by atoms with E-state index < -0.39 is 5.97 Å². The molecule has 80 valence electrons. The molecule has 0 aromatic rings. The fourth-order valence-corrected chi connectivity index (χ4v) is 3.11. The first-order valence-corrected chi connectivity index (χ1v) is 5.63. The van der Waals surface area contributed by atoms with E-state index in [9.17, 15) is 9.59 Å². The minimum absolute atomic E-state index is 0.0201. The molecule has 15 heavy (non-hydrogen) atoms. The minimum atomic E-state index is -1.04. The lowest BCUT2D eigenvalue weighted by Gasteiger charge is -2.44. The highest BCUT2D eigenvalue weighted by atomic mass is 32.2. The monoisotopic (exact) mass is 225 g/mol. The molecule has 0 spiro atoms. The van der Waals surface area contributed by atoms with Crippen molar-refractivity contribution in [3.05, 3.63) is 23.4 Å². The molecule has 0 aromatic heterocycles. The van der Waals surface area contributed by atoms with E-state index in [2.05, 4.69) is 6.58 Å². The maximum Gasteiger partial charge on any atom is 0.352 e. The van der Waals surface area contributed by atoms with Gasteiger partial charge in [0.25, 0.3) is 0 Å². The predicted octanol–water partition coefficient (Wildman–Crippen LogP) is 1.21. The first-order valence-electron chi connectivity index (χ1n) is 4.58. The molecule has 0 aliphatic carbocycles. The van der Waals surface area contributed by atoms with Crippen LogP contribution in [0.4, 0.5) is 0 Å². The van der Waals surface area contributed by atoms with Gasteiger partial charge in [-0.15, -0.1) is 11.8 Å². The fraction of sp³-hybridized carbons (Fsp3) is 0.400. The van der Waals surface area contributed by atoms with Gasteiger partial charge in [0.15, 0.2) is 0 Å². The normalized spacial score (nSPS) is 24.7. The van der Waals surface area contributed by atoms with Crippen LogP contribution in [-0.4, -0.2) is 33.0 Å². The Morgan fingerprint density at radius 1 is 1.67 bits per heavy atom. The molecular formula is C10H11NO3S. The van der Waals surface area contributed by atoms with Crippen LogP contribution in [0.5, 0.6) is 0 Å². The number of allylic oxidation sites excluding steroid dienone is 1. The first kappa shape index (κ1) is 10.3. The zero-order chi connectivity index (χ0) is 11.2. The van der Waals surface area contributed by atoms with E-state index in [0.29, 0.717) is 17.7 Å². The fourth-order valence-electron chi connectivity index (χ4n) is 1.74. The molecular weight excluding hydrogens is 214 g/mol. The zero-order valence-electron chi connectivity index (χ0n) is 8.32. The number of β-lactam (4-membered cyclic amide) rings is 1. The lowest BCUT2D eigenvalue weighted by Crippen LogP contribution is -2.53. The van der Waals surface area contributed by atoms with Gasteiger partial charge in [0.1, 0.15) is 5.70 Å². The van der Waals surface area contributed by atoms with Gasteiger partial charge >= 0.3 is 5.97 Å². The SMILES string of the molecule is C=C(C)C1=C(C(=O)O)N2C(=O)C[C@@H]2SC1. The number of nitrogens with zero attached hydrogens (tertiary/aromatic N) is 1. The maximum atomic E-state index is 11.3. The number of thioether (sulfide) groups is 1. The lowest BCUT2D eigenvalue weighted by molar-refractivity contribution is -0.146. The Morgan fingerprint density at radius 2 is 2.33 bits per heavy atom. The average molecular weight is 225 g/mol. The zero-order valence-corrected chi connectivity index (χ0v) is 9.13. The minimum Gasteiger partial charge on any atom is -0.477 e. The molecule has 0 bridgehead atoms. The molecule has 1 fully saturated rings. The van der Waals surface area contributed by atoms with Crippen molar-refractivity contribution < 1.29 is 14.7 Å². The van der Waals surface area contributed by atoms with Crippen LogP contribution in [0.2, 0.25) is 0 Å². The van der Waals surface area contributed by atoms with Crippen molar-refractivity contribution in [2.75, 3.05) is 5.75 Å². The molecule has 2 heterocycles. The van der Waals surface area contributed by atoms with Crippen molar-refractivity contribution in [1.82, 2.24) is 4.90 Å². The van der Waals surface area contributed by atoms with Crippen molar-refractivity contribution in [3.63, 3.8) is 0 Å². The van der Waals surface area contributed by atoms with Gasteiger partial charge in [-0.3, -0.25) is 9.69 Å². The van der Waals surface area contributed by atoms with Crippen LogP contribution >= 0.6 is 11.8 Å². The van der Waals surface area contributed by atoms with Gasteiger partial charge < -0.3 is 5.11 Å². The average Bonchev–Trinajstić information content (AvgIpc) is 2.14. The highest BCUT2D eigenvalue weighted by Gasteiger charge is 2.45. The second-order valence-corrected chi connectivity index (χ2v) is 4.81. The Kier molecular flexibility index (Phi) is 2.34.